The van der Waals surface area contributed by atoms with Crippen LogP contribution in [0.3, 0.4) is 0 Å². The highest BCUT2D eigenvalue weighted by atomic mass is 16.2. The van der Waals surface area contributed by atoms with Crippen LogP contribution in [0.15, 0.2) is 24.3 Å². The lowest BCUT2D eigenvalue weighted by Crippen LogP contribution is -2.45. The minimum atomic E-state index is -0.728. The van der Waals surface area contributed by atoms with Gasteiger partial charge in [-0.25, -0.2) is 0 Å². The first-order valence-corrected chi connectivity index (χ1v) is 5.78. The van der Waals surface area contributed by atoms with Gasteiger partial charge in [0.2, 0.25) is 0 Å². The van der Waals surface area contributed by atoms with Crippen molar-refractivity contribution >= 4 is 17.5 Å². The fourth-order valence-corrected chi connectivity index (χ4v) is 2.06. The number of amides is 2. The molecule has 18 heavy (non-hydrogen) atoms. The molecule has 1 aromatic carbocycles. The third-order valence-corrected chi connectivity index (χ3v) is 2.88. The first kappa shape index (κ1) is 12.1. The van der Waals surface area contributed by atoms with Gasteiger partial charge >= 0.3 is 11.8 Å². The Morgan fingerprint density at radius 3 is 2.94 bits per heavy atom. The summed E-state index contributed by atoms with van der Waals surface area (Å²) in [6.07, 6.45) is 1.76. The molecule has 1 aliphatic heterocycles. The van der Waals surface area contributed by atoms with Crippen molar-refractivity contribution in [3.8, 4) is 6.07 Å². The van der Waals surface area contributed by atoms with Gasteiger partial charge in [-0.3, -0.25) is 9.59 Å². The van der Waals surface area contributed by atoms with Gasteiger partial charge in [0.1, 0.15) is 6.54 Å². The van der Waals surface area contributed by atoms with Crippen LogP contribution in [0.2, 0.25) is 0 Å². The molecule has 5 heteroatoms. The fraction of sp³-hybridized carbons (Fsp3) is 0.308. The highest BCUT2D eigenvalue weighted by molar-refractivity contribution is 6.40. The molecular formula is C13H13N3O2. The summed E-state index contributed by atoms with van der Waals surface area (Å²) in [7, 11) is 0. The smallest absolute Gasteiger partial charge is 0.316 e. The van der Waals surface area contributed by atoms with Crippen LogP contribution in [0.5, 0.6) is 0 Å². The lowest BCUT2D eigenvalue weighted by Gasteiger charge is -2.28. The Morgan fingerprint density at radius 2 is 2.17 bits per heavy atom. The number of rotatable bonds is 1. The largest absolute Gasteiger partial charge is 0.335 e. The second-order valence-corrected chi connectivity index (χ2v) is 4.03. The van der Waals surface area contributed by atoms with E-state index in [9.17, 15) is 9.59 Å². The van der Waals surface area contributed by atoms with Gasteiger partial charge in [0.05, 0.1) is 6.07 Å². The number of anilines is 1. The van der Waals surface area contributed by atoms with Gasteiger partial charge < -0.3 is 10.2 Å². The highest BCUT2D eigenvalue weighted by Gasteiger charge is 2.26. The number of nitriles is 1. The van der Waals surface area contributed by atoms with Crippen molar-refractivity contribution in [1.29, 1.82) is 5.26 Å². The predicted octanol–water partition coefficient (Wildman–Crippen LogP) is 0.606. The number of benzene rings is 1. The van der Waals surface area contributed by atoms with E-state index in [2.05, 4.69) is 5.32 Å². The van der Waals surface area contributed by atoms with E-state index in [4.69, 9.17) is 5.26 Å². The molecule has 0 fully saturated rings. The molecule has 0 saturated heterocycles. The van der Waals surface area contributed by atoms with Crippen molar-refractivity contribution in [2.45, 2.75) is 12.8 Å². The van der Waals surface area contributed by atoms with E-state index in [1.165, 1.54) is 4.90 Å². The molecule has 0 atom stereocenters. The molecule has 0 saturated carbocycles. The summed E-state index contributed by atoms with van der Waals surface area (Å²) in [6.45, 7) is 0.385. The molecule has 1 aliphatic rings. The molecule has 1 N–H and O–H groups in total. The van der Waals surface area contributed by atoms with Crippen molar-refractivity contribution in [3.63, 3.8) is 0 Å². The van der Waals surface area contributed by atoms with Gasteiger partial charge in [0.15, 0.2) is 0 Å². The van der Waals surface area contributed by atoms with Crippen LogP contribution in [0.25, 0.3) is 0 Å². The van der Waals surface area contributed by atoms with Gasteiger partial charge in [0.25, 0.3) is 0 Å². The Labute approximate surface area is 105 Å². The number of aryl methyl sites for hydroxylation is 1. The van der Waals surface area contributed by atoms with E-state index >= 15 is 0 Å². The van der Waals surface area contributed by atoms with Gasteiger partial charge in [-0.1, -0.05) is 18.2 Å². The minimum absolute atomic E-state index is 0.153. The lowest BCUT2D eigenvalue weighted by molar-refractivity contribution is -0.137. The molecular weight excluding hydrogens is 230 g/mol. The Hall–Kier alpha value is -2.35. The Kier molecular flexibility index (Phi) is 3.58. The summed E-state index contributed by atoms with van der Waals surface area (Å²) in [5, 5.41) is 10.6. The normalized spacial score (nSPS) is 13.4. The van der Waals surface area contributed by atoms with Crippen LogP contribution in [-0.2, 0) is 16.0 Å². The summed E-state index contributed by atoms with van der Waals surface area (Å²) in [6, 6.07) is 9.33. The molecule has 5 nitrogen and oxygen atoms in total. The second kappa shape index (κ2) is 5.32. The van der Waals surface area contributed by atoms with E-state index < -0.39 is 11.8 Å². The Morgan fingerprint density at radius 1 is 1.39 bits per heavy atom. The van der Waals surface area contributed by atoms with E-state index in [0.29, 0.717) is 6.54 Å². The number of hydrogen-bond acceptors (Lipinski definition) is 3. The summed E-state index contributed by atoms with van der Waals surface area (Å²) in [5.74, 6) is -1.33. The van der Waals surface area contributed by atoms with Crippen LogP contribution in [0, 0.1) is 11.3 Å². The topological polar surface area (TPSA) is 73.2 Å². The van der Waals surface area contributed by atoms with Gasteiger partial charge in [-0.15, -0.1) is 0 Å². The third kappa shape index (κ3) is 2.33. The zero-order valence-electron chi connectivity index (χ0n) is 9.85. The highest BCUT2D eigenvalue weighted by Crippen LogP contribution is 2.26. The number of nitrogens with one attached hydrogen (secondary N) is 1. The van der Waals surface area contributed by atoms with E-state index in [1.54, 1.807) is 6.07 Å². The molecule has 0 bridgehead atoms. The number of nitrogens with zero attached hydrogens (tertiary/aromatic N) is 2. The third-order valence-electron chi connectivity index (χ3n) is 2.88. The maximum absolute atomic E-state index is 12.0. The van der Waals surface area contributed by atoms with Crippen LogP contribution in [0.1, 0.15) is 12.0 Å². The van der Waals surface area contributed by atoms with E-state index in [-0.39, 0.29) is 6.54 Å². The summed E-state index contributed by atoms with van der Waals surface area (Å²) in [4.78, 5) is 25.0. The van der Waals surface area contributed by atoms with E-state index in [0.717, 1.165) is 24.1 Å². The first-order chi connectivity index (χ1) is 8.74. The Balaban J connectivity index is 2.18. The predicted molar refractivity (Wildman–Crippen MR) is 65.7 cm³/mol. The lowest BCUT2D eigenvalue weighted by atomic mass is 10.0. The maximum atomic E-state index is 12.0. The molecule has 2 rings (SSSR count). The number of hydrogen-bond donors (Lipinski definition) is 1. The van der Waals surface area contributed by atoms with Crippen LogP contribution in [0.4, 0.5) is 5.69 Å². The summed E-state index contributed by atoms with van der Waals surface area (Å²) < 4.78 is 0. The fourth-order valence-electron chi connectivity index (χ4n) is 2.06. The van der Waals surface area contributed by atoms with Gasteiger partial charge in [-0.2, -0.15) is 5.26 Å². The van der Waals surface area contributed by atoms with Crippen molar-refractivity contribution < 1.29 is 9.59 Å². The number of fused-ring (bicyclic) bond motifs is 1. The summed E-state index contributed by atoms with van der Waals surface area (Å²) in [5.41, 5.74) is 1.87. The van der Waals surface area contributed by atoms with Gasteiger partial charge in [-0.05, 0) is 24.5 Å². The molecule has 0 spiro atoms. The zero-order chi connectivity index (χ0) is 13.0. The van der Waals surface area contributed by atoms with Gasteiger partial charge in [0, 0.05) is 12.2 Å². The molecule has 1 aromatic rings. The number of carbonyl (C=O) groups is 2. The van der Waals surface area contributed by atoms with Crippen molar-refractivity contribution in [2.24, 2.45) is 0 Å². The molecule has 0 unspecified atom stereocenters. The second-order valence-electron chi connectivity index (χ2n) is 4.03. The van der Waals surface area contributed by atoms with Crippen LogP contribution in [-0.4, -0.2) is 24.9 Å². The SMILES string of the molecule is N#CCNC(=O)C(=O)N1CCCc2ccccc21. The van der Waals surface area contributed by atoms with E-state index in [1.807, 2.05) is 24.3 Å². The molecule has 0 aromatic heterocycles. The zero-order valence-corrected chi connectivity index (χ0v) is 9.85. The number of carbonyl (C=O) groups excluding carboxylic acids is 2. The number of para-hydroxylation sites is 1. The molecule has 2 amide bonds. The van der Waals surface area contributed by atoms with Crippen LogP contribution >= 0.6 is 0 Å². The van der Waals surface area contributed by atoms with Crippen molar-refractivity contribution in [3.05, 3.63) is 29.8 Å². The molecule has 0 aliphatic carbocycles. The average Bonchev–Trinajstić information content (AvgIpc) is 2.43. The average molecular weight is 243 g/mol. The molecule has 0 radical (unpaired) electrons. The molecule has 92 valence electrons. The van der Waals surface area contributed by atoms with Crippen LogP contribution < -0.4 is 10.2 Å². The first-order valence-electron chi connectivity index (χ1n) is 5.78. The standard InChI is InChI=1S/C13H13N3O2/c14-7-8-15-12(17)13(18)16-9-3-5-10-4-1-2-6-11(10)16/h1-2,4,6H,3,5,8-9H2,(H,15,17). The Bertz CT molecular complexity index is 519. The summed E-state index contributed by atoms with van der Waals surface area (Å²) >= 11 is 0. The minimum Gasteiger partial charge on any atom is -0.335 e. The molecule has 1 heterocycles. The maximum Gasteiger partial charge on any atom is 0.316 e. The van der Waals surface area contributed by atoms with Crippen molar-refractivity contribution in [2.75, 3.05) is 18.0 Å². The monoisotopic (exact) mass is 243 g/mol. The van der Waals surface area contributed by atoms with Crippen molar-refractivity contribution in [1.82, 2.24) is 5.32 Å². The quantitative estimate of drug-likeness (QED) is 0.580.